The Kier molecular flexibility index (Phi) is 7.08. The third kappa shape index (κ3) is 6.36. The highest BCUT2D eigenvalue weighted by Crippen LogP contribution is 1.85. The Morgan fingerprint density at radius 1 is 0.917 bits per heavy atom. The van der Waals surface area contributed by atoms with Gasteiger partial charge in [-0.1, -0.05) is 25.3 Å². The Labute approximate surface area is 81.4 Å². The molecule has 0 heterocycles. The maximum atomic E-state index is 10.4. The van der Waals surface area contributed by atoms with Gasteiger partial charge >= 0.3 is 11.9 Å². The molecule has 0 fully saturated rings. The smallest absolute Gasteiger partial charge is 0.316 e. The first-order valence-electron chi connectivity index (χ1n) is 3.18. The molecule has 12 heavy (non-hydrogen) atoms. The van der Waals surface area contributed by atoms with E-state index in [2.05, 4.69) is 34.7 Å². The lowest BCUT2D eigenvalue weighted by Gasteiger charge is -2.02. The fraction of sp³-hybridized carbons (Fsp3) is 0.667. The van der Waals surface area contributed by atoms with Gasteiger partial charge in [0.2, 0.25) is 0 Å². The normalized spacial score (nSPS) is 9.17. The van der Waals surface area contributed by atoms with Gasteiger partial charge in [-0.15, -0.1) is 0 Å². The van der Waals surface area contributed by atoms with E-state index in [4.69, 9.17) is 0 Å². The molecule has 68 valence electrons. The molecule has 4 nitrogen and oxygen atoms in total. The highest BCUT2D eigenvalue weighted by atomic mass is 32.1. The molecule has 0 amide bonds. The topological polar surface area (TPSA) is 52.6 Å². The SMILES string of the molecule is O=C(C[S])OCCOC(=O)C[S]. The molecule has 0 aliphatic rings. The zero-order chi connectivity index (χ0) is 9.40. The summed E-state index contributed by atoms with van der Waals surface area (Å²) in [6.07, 6.45) is 0. The molecule has 0 rings (SSSR count). The van der Waals surface area contributed by atoms with E-state index in [1.165, 1.54) is 0 Å². The van der Waals surface area contributed by atoms with Crippen molar-refractivity contribution in [1.29, 1.82) is 0 Å². The van der Waals surface area contributed by atoms with Crippen molar-refractivity contribution >= 4 is 37.2 Å². The molecule has 0 unspecified atom stereocenters. The van der Waals surface area contributed by atoms with Crippen LogP contribution in [0.15, 0.2) is 0 Å². The summed E-state index contributed by atoms with van der Waals surface area (Å²) < 4.78 is 9.06. The van der Waals surface area contributed by atoms with Crippen molar-refractivity contribution in [2.75, 3.05) is 24.7 Å². The third-order valence-corrected chi connectivity index (χ3v) is 1.32. The summed E-state index contributed by atoms with van der Waals surface area (Å²) in [7, 11) is 0. The maximum Gasteiger partial charge on any atom is 0.316 e. The standard InChI is InChI=1S/C6H8O4S2/c7-5(3-11)9-1-2-10-6(8)4-12/h1-4H2. The first-order chi connectivity index (χ1) is 5.70. The molecule has 0 saturated heterocycles. The number of ether oxygens (including phenoxy) is 2. The molecule has 0 aromatic heterocycles. The lowest BCUT2D eigenvalue weighted by Crippen LogP contribution is -2.14. The van der Waals surface area contributed by atoms with Crippen LogP contribution in [0.3, 0.4) is 0 Å². The molecule has 0 atom stereocenters. The number of hydrogen-bond acceptors (Lipinski definition) is 4. The van der Waals surface area contributed by atoms with Crippen LogP contribution in [0.25, 0.3) is 0 Å². The fourth-order valence-electron chi connectivity index (χ4n) is 0.394. The van der Waals surface area contributed by atoms with Crippen molar-refractivity contribution in [2.24, 2.45) is 0 Å². The average molecular weight is 208 g/mol. The van der Waals surface area contributed by atoms with Gasteiger partial charge in [-0.3, -0.25) is 9.59 Å². The molecule has 0 N–H and O–H groups in total. The van der Waals surface area contributed by atoms with Crippen molar-refractivity contribution in [3.8, 4) is 0 Å². The second kappa shape index (κ2) is 7.30. The molecule has 2 radical (unpaired) electrons. The van der Waals surface area contributed by atoms with Gasteiger partial charge in [0.15, 0.2) is 0 Å². The zero-order valence-electron chi connectivity index (χ0n) is 6.28. The zero-order valence-corrected chi connectivity index (χ0v) is 7.91. The number of esters is 2. The molecule has 0 saturated carbocycles. The van der Waals surface area contributed by atoms with Gasteiger partial charge in [0.25, 0.3) is 0 Å². The van der Waals surface area contributed by atoms with Gasteiger partial charge in [0.1, 0.15) is 24.7 Å². The van der Waals surface area contributed by atoms with Crippen LogP contribution in [0, 0.1) is 0 Å². The van der Waals surface area contributed by atoms with Crippen LogP contribution < -0.4 is 0 Å². The molecular weight excluding hydrogens is 200 g/mol. The molecular formula is C6H8O4S2. The predicted molar refractivity (Wildman–Crippen MR) is 46.8 cm³/mol. The summed E-state index contributed by atoms with van der Waals surface area (Å²) in [5, 5.41) is 0. The molecule has 0 bridgehead atoms. The monoisotopic (exact) mass is 208 g/mol. The molecule has 6 heteroatoms. The van der Waals surface area contributed by atoms with Crippen LogP contribution in [0.2, 0.25) is 0 Å². The Morgan fingerprint density at radius 2 is 1.25 bits per heavy atom. The summed E-state index contributed by atoms with van der Waals surface area (Å²) in [5.41, 5.74) is 0. The van der Waals surface area contributed by atoms with E-state index in [9.17, 15) is 9.59 Å². The van der Waals surface area contributed by atoms with Gasteiger partial charge in [0.05, 0.1) is 0 Å². The summed E-state index contributed by atoms with van der Waals surface area (Å²) >= 11 is 8.80. The van der Waals surface area contributed by atoms with E-state index in [-0.39, 0.29) is 24.7 Å². The van der Waals surface area contributed by atoms with Crippen LogP contribution in [0.4, 0.5) is 0 Å². The second-order valence-electron chi connectivity index (χ2n) is 1.73. The van der Waals surface area contributed by atoms with Crippen LogP contribution >= 0.6 is 25.3 Å². The number of carbonyl (C=O) groups excluding carboxylic acids is 2. The first kappa shape index (κ1) is 11.6. The van der Waals surface area contributed by atoms with Gasteiger partial charge in [-0.25, -0.2) is 0 Å². The minimum Gasteiger partial charge on any atom is -0.461 e. The van der Waals surface area contributed by atoms with E-state index in [0.29, 0.717) is 0 Å². The summed E-state index contributed by atoms with van der Waals surface area (Å²) in [6, 6.07) is 0. The minimum absolute atomic E-state index is 0.0382. The largest absolute Gasteiger partial charge is 0.461 e. The van der Waals surface area contributed by atoms with E-state index >= 15 is 0 Å². The van der Waals surface area contributed by atoms with Crippen LogP contribution in [-0.4, -0.2) is 36.7 Å². The van der Waals surface area contributed by atoms with Crippen molar-refractivity contribution in [1.82, 2.24) is 0 Å². The van der Waals surface area contributed by atoms with Crippen LogP contribution in [-0.2, 0) is 19.1 Å². The number of rotatable bonds is 5. The summed E-state index contributed by atoms with van der Waals surface area (Å²) in [5.74, 6) is -1.15. The molecule has 0 aliphatic carbocycles. The number of hydrogen-bond donors (Lipinski definition) is 0. The van der Waals surface area contributed by atoms with Crippen molar-refractivity contribution in [3.05, 3.63) is 0 Å². The third-order valence-electron chi connectivity index (χ3n) is 0.845. The van der Waals surface area contributed by atoms with Crippen molar-refractivity contribution in [2.45, 2.75) is 0 Å². The summed E-state index contributed by atoms with van der Waals surface area (Å²) in [6.45, 7) is 0.0765. The van der Waals surface area contributed by atoms with Gasteiger partial charge < -0.3 is 9.47 Å². The van der Waals surface area contributed by atoms with E-state index < -0.39 is 11.9 Å². The molecule has 0 aromatic carbocycles. The van der Waals surface area contributed by atoms with Gasteiger partial charge in [-0.05, 0) is 0 Å². The van der Waals surface area contributed by atoms with Crippen LogP contribution in [0.1, 0.15) is 0 Å². The van der Waals surface area contributed by atoms with Gasteiger partial charge in [-0.2, -0.15) is 0 Å². The lowest BCUT2D eigenvalue weighted by atomic mass is 10.7. The highest BCUT2D eigenvalue weighted by molar-refractivity contribution is 7.81. The second-order valence-corrected chi connectivity index (χ2v) is 2.31. The Morgan fingerprint density at radius 3 is 1.50 bits per heavy atom. The Hall–Kier alpha value is -0.360. The first-order valence-corrected chi connectivity index (χ1v) is 4.33. The van der Waals surface area contributed by atoms with Crippen LogP contribution in [0.5, 0.6) is 0 Å². The molecule has 0 spiro atoms. The molecule has 0 aliphatic heterocycles. The average Bonchev–Trinajstić information content (AvgIpc) is 2.11. The predicted octanol–water partition coefficient (Wildman–Crippen LogP) is 0.468. The van der Waals surface area contributed by atoms with Crippen molar-refractivity contribution in [3.63, 3.8) is 0 Å². The summed E-state index contributed by atoms with van der Waals surface area (Å²) in [4.78, 5) is 20.9. The van der Waals surface area contributed by atoms with Gasteiger partial charge in [0, 0.05) is 0 Å². The number of carbonyl (C=O) groups is 2. The van der Waals surface area contributed by atoms with E-state index in [1.807, 2.05) is 0 Å². The lowest BCUT2D eigenvalue weighted by molar-refractivity contribution is -0.148. The Bertz CT molecular complexity index is 142. The molecule has 0 aromatic rings. The van der Waals surface area contributed by atoms with Crippen molar-refractivity contribution < 1.29 is 19.1 Å². The van der Waals surface area contributed by atoms with E-state index in [0.717, 1.165) is 0 Å². The fourth-order valence-corrected chi connectivity index (χ4v) is 0.561. The quantitative estimate of drug-likeness (QED) is 0.487. The Balaban J connectivity index is 3.21. The maximum absolute atomic E-state index is 10.4. The minimum atomic E-state index is -0.487. The highest BCUT2D eigenvalue weighted by Gasteiger charge is 2.01. The van der Waals surface area contributed by atoms with E-state index in [1.54, 1.807) is 0 Å².